The number of hydrogen-bond donors (Lipinski definition) is 1. The number of ether oxygens (including phenoxy) is 2. The zero-order valence-corrected chi connectivity index (χ0v) is 12.2. The van der Waals surface area contributed by atoms with Crippen molar-refractivity contribution in [3.63, 3.8) is 0 Å². The van der Waals surface area contributed by atoms with Gasteiger partial charge in [0.05, 0.1) is 11.6 Å². The normalized spacial score (nSPS) is 10.6. The average molecular weight is 308 g/mol. The molecule has 0 saturated carbocycles. The highest BCUT2D eigenvalue weighted by molar-refractivity contribution is 6.32. The summed E-state index contributed by atoms with van der Waals surface area (Å²) in [5, 5.41) is 18.8. The minimum atomic E-state index is -0.764. The smallest absolute Gasteiger partial charge is 0.349 e. The molecule has 0 unspecified atom stereocenters. The van der Waals surface area contributed by atoms with Crippen molar-refractivity contribution in [2.45, 2.75) is 6.92 Å². The number of phenolic OH excluding ortho intramolecular Hbond substituents is 1. The lowest BCUT2D eigenvalue weighted by Gasteiger charge is -2.08. The van der Waals surface area contributed by atoms with E-state index in [-0.39, 0.29) is 28.7 Å². The zero-order valence-electron chi connectivity index (χ0n) is 11.4. The molecule has 0 fully saturated rings. The van der Waals surface area contributed by atoms with Gasteiger partial charge in [0, 0.05) is 0 Å². The molecule has 0 aliphatic heterocycles. The molecular weight excluding hydrogens is 294 g/mol. The first kappa shape index (κ1) is 16.6. The third kappa shape index (κ3) is 4.55. The van der Waals surface area contributed by atoms with Crippen LogP contribution in [-0.2, 0) is 9.53 Å². The van der Waals surface area contributed by atoms with Crippen molar-refractivity contribution in [1.29, 1.82) is 5.26 Å². The highest BCUT2D eigenvalue weighted by Crippen LogP contribution is 2.35. The Morgan fingerprint density at radius 1 is 1.57 bits per heavy atom. The maximum atomic E-state index is 11.6. The molecule has 0 saturated heterocycles. The van der Waals surface area contributed by atoms with Crippen molar-refractivity contribution in [3.05, 3.63) is 40.9 Å². The van der Waals surface area contributed by atoms with E-state index < -0.39 is 5.97 Å². The van der Waals surface area contributed by atoms with Crippen LogP contribution >= 0.6 is 11.6 Å². The van der Waals surface area contributed by atoms with Gasteiger partial charge in [-0.1, -0.05) is 24.3 Å². The number of carbonyl (C=O) groups is 1. The summed E-state index contributed by atoms with van der Waals surface area (Å²) in [4.78, 5) is 11.6. The number of esters is 1. The van der Waals surface area contributed by atoms with E-state index in [9.17, 15) is 9.90 Å². The SMILES string of the molecule is C=CCOC(=O)/C(C#N)=C/c1cc(Cl)c(O)c(OCC)c1. The van der Waals surface area contributed by atoms with Crippen molar-refractivity contribution in [2.24, 2.45) is 0 Å². The van der Waals surface area contributed by atoms with Crippen molar-refractivity contribution in [2.75, 3.05) is 13.2 Å². The molecule has 1 aromatic carbocycles. The molecule has 0 spiro atoms. The summed E-state index contributed by atoms with van der Waals surface area (Å²) in [7, 11) is 0. The van der Waals surface area contributed by atoms with E-state index >= 15 is 0 Å². The second kappa shape index (κ2) is 7.98. The van der Waals surface area contributed by atoms with Gasteiger partial charge in [-0.05, 0) is 30.7 Å². The molecule has 0 aliphatic carbocycles. The Labute approximate surface area is 127 Å². The average Bonchev–Trinajstić information content (AvgIpc) is 2.47. The fraction of sp³-hybridized carbons (Fsp3) is 0.200. The maximum absolute atomic E-state index is 11.6. The van der Waals surface area contributed by atoms with Gasteiger partial charge in [0.15, 0.2) is 11.5 Å². The quantitative estimate of drug-likeness (QED) is 0.378. The fourth-order valence-corrected chi connectivity index (χ4v) is 1.68. The Morgan fingerprint density at radius 3 is 2.86 bits per heavy atom. The van der Waals surface area contributed by atoms with Crippen LogP contribution in [0.25, 0.3) is 6.08 Å². The number of nitriles is 1. The Hall–Kier alpha value is -2.45. The Kier molecular flexibility index (Phi) is 6.31. The fourth-order valence-electron chi connectivity index (χ4n) is 1.46. The van der Waals surface area contributed by atoms with E-state index in [1.54, 1.807) is 13.0 Å². The molecule has 0 radical (unpaired) electrons. The summed E-state index contributed by atoms with van der Waals surface area (Å²) in [6.45, 7) is 5.52. The minimum Gasteiger partial charge on any atom is -0.503 e. The largest absolute Gasteiger partial charge is 0.503 e. The standard InChI is InChI=1S/C15H14ClNO4/c1-3-5-21-15(19)11(9-17)6-10-7-12(16)14(18)13(8-10)20-4-2/h3,6-8,18H,1,4-5H2,2H3/b11-6+. The third-order valence-electron chi connectivity index (χ3n) is 2.33. The van der Waals surface area contributed by atoms with Gasteiger partial charge < -0.3 is 14.6 Å². The minimum absolute atomic E-state index is 0.0123. The first-order valence-corrected chi connectivity index (χ1v) is 6.46. The molecule has 0 bridgehead atoms. The van der Waals surface area contributed by atoms with Crippen LogP contribution in [0, 0.1) is 11.3 Å². The number of rotatable bonds is 6. The molecule has 0 aromatic heterocycles. The van der Waals surface area contributed by atoms with Gasteiger partial charge in [0.1, 0.15) is 18.2 Å². The van der Waals surface area contributed by atoms with Crippen LogP contribution in [0.2, 0.25) is 5.02 Å². The summed E-state index contributed by atoms with van der Waals surface area (Å²) >= 11 is 5.87. The van der Waals surface area contributed by atoms with E-state index in [1.807, 2.05) is 0 Å². The van der Waals surface area contributed by atoms with Crippen LogP contribution in [0.15, 0.2) is 30.4 Å². The summed E-state index contributed by atoms with van der Waals surface area (Å²) in [5.41, 5.74) is 0.245. The van der Waals surface area contributed by atoms with Crippen molar-refractivity contribution in [1.82, 2.24) is 0 Å². The number of benzene rings is 1. The number of phenols is 1. The summed E-state index contributed by atoms with van der Waals surface area (Å²) in [6.07, 6.45) is 2.71. The summed E-state index contributed by atoms with van der Waals surface area (Å²) in [6, 6.07) is 4.64. The predicted octanol–water partition coefficient (Wildman–Crippen LogP) is 3.08. The molecule has 1 N–H and O–H groups in total. The highest BCUT2D eigenvalue weighted by atomic mass is 35.5. The molecule has 0 amide bonds. The molecule has 1 rings (SSSR count). The second-order valence-electron chi connectivity index (χ2n) is 3.84. The van der Waals surface area contributed by atoms with E-state index in [0.717, 1.165) is 0 Å². The molecule has 0 heterocycles. The number of halogens is 1. The lowest BCUT2D eigenvalue weighted by atomic mass is 10.1. The number of nitrogens with zero attached hydrogens (tertiary/aromatic N) is 1. The molecule has 0 aliphatic rings. The summed E-state index contributed by atoms with van der Waals surface area (Å²) < 4.78 is 10.0. The monoisotopic (exact) mass is 307 g/mol. The summed E-state index contributed by atoms with van der Waals surface area (Å²) in [5.74, 6) is -0.782. The number of aromatic hydroxyl groups is 1. The predicted molar refractivity (Wildman–Crippen MR) is 79.0 cm³/mol. The van der Waals surface area contributed by atoms with Crippen LogP contribution in [0.4, 0.5) is 0 Å². The van der Waals surface area contributed by atoms with E-state index in [2.05, 4.69) is 6.58 Å². The van der Waals surface area contributed by atoms with Crippen LogP contribution in [0.1, 0.15) is 12.5 Å². The highest BCUT2D eigenvalue weighted by Gasteiger charge is 2.13. The van der Waals surface area contributed by atoms with Crippen LogP contribution < -0.4 is 4.74 Å². The van der Waals surface area contributed by atoms with Crippen LogP contribution in [0.5, 0.6) is 11.5 Å². The topological polar surface area (TPSA) is 79.6 Å². The van der Waals surface area contributed by atoms with Gasteiger partial charge in [0.25, 0.3) is 0 Å². The maximum Gasteiger partial charge on any atom is 0.349 e. The van der Waals surface area contributed by atoms with Gasteiger partial charge in [-0.25, -0.2) is 4.79 Å². The Morgan fingerprint density at radius 2 is 2.29 bits per heavy atom. The lowest BCUT2D eigenvalue weighted by Crippen LogP contribution is -2.06. The van der Waals surface area contributed by atoms with Crippen molar-refractivity contribution >= 4 is 23.6 Å². The van der Waals surface area contributed by atoms with Crippen LogP contribution in [-0.4, -0.2) is 24.3 Å². The Bertz CT molecular complexity index is 617. The van der Waals surface area contributed by atoms with Crippen molar-refractivity contribution in [3.8, 4) is 17.6 Å². The Balaban J connectivity index is 3.14. The van der Waals surface area contributed by atoms with Gasteiger partial charge in [-0.3, -0.25) is 0 Å². The van der Waals surface area contributed by atoms with Crippen molar-refractivity contribution < 1.29 is 19.4 Å². The molecule has 6 heteroatoms. The number of carbonyl (C=O) groups excluding carboxylic acids is 1. The second-order valence-corrected chi connectivity index (χ2v) is 4.25. The van der Waals surface area contributed by atoms with Gasteiger partial charge in [0.2, 0.25) is 0 Å². The lowest BCUT2D eigenvalue weighted by molar-refractivity contribution is -0.137. The zero-order chi connectivity index (χ0) is 15.8. The van der Waals surface area contributed by atoms with Gasteiger partial charge in [-0.15, -0.1) is 0 Å². The van der Waals surface area contributed by atoms with Gasteiger partial charge in [-0.2, -0.15) is 5.26 Å². The number of hydrogen-bond acceptors (Lipinski definition) is 5. The van der Waals surface area contributed by atoms with Crippen LogP contribution in [0.3, 0.4) is 0 Å². The molecular formula is C15H14ClNO4. The third-order valence-corrected chi connectivity index (χ3v) is 2.62. The van der Waals surface area contributed by atoms with E-state index in [1.165, 1.54) is 24.3 Å². The van der Waals surface area contributed by atoms with E-state index in [0.29, 0.717) is 12.2 Å². The van der Waals surface area contributed by atoms with Gasteiger partial charge >= 0.3 is 5.97 Å². The van der Waals surface area contributed by atoms with E-state index in [4.69, 9.17) is 26.3 Å². The molecule has 0 atom stereocenters. The molecule has 1 aromatic rings. The molecule has 5 nitrogen and oxygen atoms in total. The first-order chi connectivity index (χ1) is 10.0. The molecule has 21 heavy (non-hydrogen) atoms. The molecule has 110 valence electrons. The first-order valence-electron chi connectivity index (χ1n) is 6.08.